The highest BCUT2D eigenvalue weighted by Crippen LogP contribution is 2.28. The Morgan fingerprint density at radius 2 is 2.29 bits per heavy atom. The molecular weight excluding hydrogens is 216 g/mol. The summed E-state index contributed by atoms with van der Waals surface area (Å²) in [5.74, 6) is 2.52. The first-order valence-corrected chi connectivity index (χ1v) is 6.20. The van der Waals surface area contributed by atoms with E-state index in [9.17, 15) is 0 Å². The zero-order chi connectivity index (χ0) is 11.9. The second-order valence-electron chi connectivity index (χ2n) is 4.38. The number of ether oxygens (including phenoxy) is 2. The normalized spacial score (nSPS) is 14.6. The van der Waals surface area contributed by atoms with Gasteiger partial charge >= 0.3 is 0 Å². The van der Waals surface area contributed by atoms with Crippen molar-refractivity contribution in [3.05, 3.63) is 18.3 Å². The first kappa shape index (κ1) is 12.2. The van der Waals surface area contributed by atoms with Gasteiger partial charge in [0.05, 0.1) is 13.3 Å². The van der Waals surface area contributed by atoms with Crippen LogP contribution in [-0.4, -0.2) is 31.9 Å². The predicted molar refractivity (Wildman–Crippen MR) is 67.4 cm³/mol. The van der Waals surface area contributed by atoms with Gasteiger partial charge in [-0.3, -0.25) is 0 Å². The summed E-state index contributed by atoms with van der Waals surface area (Å²) in [6, 6.07) is 3.82. The van der Waals surface area contributed by atoms with E-state index in [4.69, 9.17) is 9.47 Å². The molecule has 1 saturated carbocycles. The molecule has 94 valence electrons. The second kappa shape index (κ2) is 6.45. The van der Waals surface area contributed by atoms with Crippen molar-refractivity contribution in [1.29, 1.82) is 0 Å². The third-order valence-corrected chi connectivity index (χ3v) is 2.79. The zero-order valence-electron chi connectivity index (χ0n) is 10.3. The number of nitrogens with zero attached hydrogens (tertiary/aromatic N) is 1. The van der Waals surface area contributed by atoms with Gasteiger partial charge in [-0.25, -0.2) is 4.98 Å². The molecule has 0 aliphatic heterocycles. The summed E-state index contributed by atoms with van der Waals surface area (Å²) >= 11 is 0. The summed E-state index contributed by atoms with van der Waals surface area (Å²) in [5.41, 5.74) is 0. The minimum atomic E-state index is 0.781. The molecule has 4 heteroatoms. The largest absolute Gasteiger partial charge is 0.495 e. The van der Waals surface area contributed by atoms with Crippen LogP contribution in [0.15, 0.2) is 18.3 Å². The van der Waals surface area contributed by atoms with E-state index >= 15 is 0 Å². The topological polar surface area (TPSA) is 43.4 Å². The molecule has 1 fully saturated rings. The summed E-state index contributed by atoms with van der Waals surface area (Å²) in [7, 11) is 1.64. The molecule has 0 amide bonds. The standard InChI is InChI=1S/C13H20N2O2/c1-16-12-5-6-13(15-9-12)14-7-2-8-17-10-11-3-4-11/h5-6,9,11H,2-4,7-8,10H2,1H3,(H,14,15). The lowest BCUT2D eigenvalue weighted by atomic mass is 10.4. The molecule has 0 radical (unpaired) electrons. The molecule has 0 atom stereocenters. The number of hydrogen-bond donors (Lipinski definition) is 1. The molecule has 0 spiro atoms. The van der Waals surface area contributed by atoms with Crippen LogP contribution < -0.4 is 10.1 Å². The van der Waals surface area contributed by atoms with Crippen molar-refractivity contribution in [1.82, 2.24) is 4.98 Å². The third-order valence-electron chi connectivity index (χ3n) is 2.79. The fourth-order valence-corrected chi connectivity index (χ4v) is 1.53. The highest BCUT2D eigenvalue weighted by atomic mass is 16.5. The van der Waals surface area contributed by atoms with Crippen molar-refractivity contribution >= 4 is 5.82 Å². The Bertz CT molecular complexity index is 323. The lowest BCUT2D eigenvalue weighted by molar-refractivity contribution is 0.124. The maximum absolute atomic E-state index is 5.55. The molecule has 2 rings (SSSR count). The average molecular weight is 236 g/mol. The molecule has 0 saturated heterocycles. The van der Waals surface area contributed by atoms with Crippen LogP contribution in [0, 0.1) is 5.92 Å². The van der Waals surface area contributed by atoms with Gasteiger partial charge in [0.2, 0.25) is 0 Å². The molecule has 1 heterocycles. The van der Waals surface area contributed by atoms with E-state index in [0.29, 0.717) is 0 Å². The van der Waals surface area contributed by atoms with Crippen LogP contribution in [0.4, 0.5) is 5.82 Å². The highest BCUT2D eigenvalue weighted by Gasteiger charge is 2.20. The van der Waals surface area contributed by atoms with E-state index in [0.717, 1.165) is 43.7 Å². The minimum Gasteiger partial charge on any atom is -0.495 e. The molecule has 0 aromatic carbocycles. The lowest BCUT2D eigenvalue weighted by Gasteiger charge is -2.06. The number of nitrogens with one attached hydrogen (secondary N) is 1. The molecular formula is C13H20N2O2. The van der Waals surface area contributed by atoms with Gasteiger partial charge in [-0.05, 0) is 37.3 Å². The summed E-state index contributed by atoms with van der Waals surface area (Å²) in [4.78, 5) is 4.23. The third kappa shape index (κ3) is 4.61. The van der Waals surface area contributed by atoms with Gasteiger partial charge in [-0.2, -0.15) is 0 Å². The van der Waals surface area contributed by atoms with Gasteiger partial charge in [-0.1, -0.05) is 0 Å². The van der Waals surface area contributed by atoms with Gasteiger partial charge in [-0.15, -0.1) is 0 Å². The number of aromatic nitrogens is 1. The van der Waals surface area contributed by atoms with Crippen molar-refractivity contribution in [2.75, 3.05) is 32.2 Å². The number of rotatable bonds is 8. The summed E-state index contributed by atoms with van der Waals surface area (Å²) in [6.07, 6.45) is 5.44. The van der Waals surface area contributed by atoms with Crippen molar-refractivity contribution in [2.24, 2.45) is 5.92 Å². The Balaban J connectivity index is 1.53. The van der Waals surface area contributed by atoms with E-state index < -0.39 is 0 Å². The van der Waals surface area contributed by atoms with Crippen LogP contribution in [0.25, 0.3) is 0 Å². The minimum absolute atomic E-state index is 0.781. The van der Waals surface area contributed by atoms with E-state index in [2.05, 4.69) is 10.3 Å². The van der Waals surface area contributed by atoms with Crippen molar-refractivity contribution in [2.45, 2.75) is 19.3 Å². The van der Waals surface area contributed by atoms with Crippen LogP contribution >= 0.6 is 0 Å². The number of pyridine rings is 1. The molecule has 1 aliphatic rings. The lowest BCUT2D eigenvalue weighted by Crippen LogP contribution is -2.07. The Kier molecular flexibility index (Phi) is 4.62. The van der Waals surface area contributed by atoms with E-state index in [1.54, 1.807) is 13.3 Å². The van der Waals surface area contributed by atoms with E-state index in [1.165, 1.54) is 12.8 Å². The number of anilines is 1. The molecule has 1 aromatic rings. The molecule has 0 unspecified atom stereocenters. The van der Waals surface area contributed by atoms with Crippen LogP contribution in [0.5, 0.6) is 5.75 Å². The Morgan fingerprint density at radius 3 is 2.94 bits per heavy atom. The first-order chi connectivity index (χ1) is 8.38. The number of methoxy groups -OCH3 is 1. The van der Waals surface area contributed by atoms with Crippen molar-refractivity contribution in [3.8, 4) is 5.75 Å². The molecule has 1 N–H and O–H groups in total. The molecule has 1 aliphatic carbocycles. The van der Waals surface area contributed by atoms with Crippen molar-refractivity contribution < 1.29 is 9.47 Å². The fourth-order valence-electron chi connectivity index (χ4n) is 1.53. The Morgan fingerprint density at radius 1 is 1.41 bits per heavy atom. The van der Waals surface area contributed by atoms with Gasteiger partial charge in [0.25, 0.3) is 0 Å². The predicted octanol–water partition coefficient (Wildman–Crippen LogP) is 2.32. The van der Waals surface area contributed by atoms with Crippen LogP contribution in [-0.2, 0) is 4.74 Å². The van der Waals surface area contributed by atoms with Gasteiger partial charge in [0, 0.05) is 19.8 Å². The van der Waals surface area contributed by atoms with Gasteiger partial charge in [0.15, 0.2) is 0 Å². The van der Waals surface area contributed by atoms with Crippen LogP contribution in [0.2, 0.25) is 0 Å². The molecule has 1 aromatic heterocycles. The Hall–Kier alpha value is -1.29. The zero-order valence-corrected chi connectivity index (χ0v) is 10.3. The average Bonchev–Trinajstić information content (AvgIpc) is 3.18. The SMILES string of the molecule is COc1ccc(NCCCOCC2CC2)nc1. The van der Waals surface area contributed by atoms with E-state index in [1.807, 2.05) is 12.1 Å². The highest BCUT2D eigenvalue weighted by molar-refractivity contribution is 5.37. The maximum atomic E-state index is 5.55. The van der Waals surface area contributed by atoms with Gasteiger partial charge in [0.1, 0.15) is 11.6 Å². The quantitative estimate of drug-likeness (QED) is 0.703. The summed E-state index contributed by atoms with van der Waals surface area (Å²) in [5, 5.41) is 3.25. The molecule has 0 bridgehead atoms. The first-order valence-electron chi connectivity index (χ1n) is 6.20. The molecule has 4 nitrogen and oxygen atoms in total. The maximum Gasteiger partial charge on any atom is 0.137 e. The fraction of sp³-hybridized carbons (Fsp3) is 0.615. The summed E-state index contributed by atoms with van der Waals surface area (Å²) in [6.45, 7) is 2.67. The van der Waals surface area contributed by atoms with Crippen LogP contribution in [0.3, 0.4) is 0 Å². The Labute approximate surface area is 102 Å². The second-order valence-corrected chi connectivity index (χ2v) is 4.38. The van der Waals surface area contributed by atoms with Gasteiger partial charge < -0.3 is 14.8 Å². The molecule has 17 heavy (non-hydrogen) atoms. The van der Waals surface area contributed by atoms with E-state index in [-0.39, 0.29) is 0 Å². The smallest absolute Gasteiger partial charge is 0.137 e. The number of hydrogen-bond acceptors (Lipinski definition) is 4. The van der Waals surface area contributed by atoms with Crippen molar-refractivity contribution in [3.63, 3.8) is 0 Å². The monoisotopic (exact) mass is 236 g/mol. The van der Waals surface area contributed by atoms with Crippen LogP contribution in [0.1, 0.15) is 19.3 Å². The summed E-state index contributed by atoms with van der Waals surface area (Å²) < 4.78 is 10.6.